The molecule has 2 amide bonds. The van der Waals surface area contributed by atoms with Crippen molar-refractivity contribution >= 4 is 29.2 Å². The summed E-state index contributed by atoms with van der Waals surface area (Å²) in [6.45, 7) is 8.02. The fourth-order valence-corrected chi connectivity index (χ4v) is 3.97. The highest BCUT2D eigenvalue weighted by Crippen LogP contribution is 2.33. The van der Waals surface area contributed by atoms with Crippen molar-refractivity contribution in [2.45, 2.75) is 46.5 Å². The number of esters is 1. The minimum absolute atomic E-state index is 0.0897. The third-order valence-corrected chi connectivity index (χ3v) is 5.68. The molecule has 0 aliphatic carbocycles. The molecule has 0 radical (unpaired) electrons. The summed E-state index contributed by atoms with van der Waals surface area (Å²) < 4.78 is 5.22. The molecule has 1 aliphatic rings. The first-order valence-electron chi connectivity index (χ1n) is 10.7. The van der Waals surface area contributed by atoms with Gasteiger partial charge >= 0.3 is 5.97 Å². The Hall–Kier alpha value is -3.15. The third-order valence-electron chi connectivity index (χ3n) is 5.68. The topological polar surface area (TPSA) is 75.7 Å². The van der Waals surface area contributed by atoms with Gasteiger partial charge < -0.3 is 15.0 Å². The molecular formula is C25H30N2O4. The van der Waals surface area contributed by atoms with Gasteiger partial charge in [0.2, 0.25) is 5.91 Å². The van der Waals surface area contributed by atoms with Crippen LogP contribution in [0.15, 0.2) is 42.5 Å². The van der Waals surface area contributed by atoms with Crippen molar-refractivity contribution < 1.29 is 19.1 Å². The first-order chi connectivity index (χ1) is 14.8. The molecule has 6 nitrogen and oxygen atoms in total. The molecule has 6 heteroatoms. The summed E-state index contributed by atoms with van der Waals surface area (Å²) in [6, 6.07) is 13.5. The van der Waals surface area contributed by atoms with Crippen LogP contribution >= 0.6 is 0 Å². The van der Waals surface area contributed by atoms with E-state index in [4.69, 9.17) is 4.74 Å². The van der Waals surface area contributed by atoms with E-state index in [0.717, 1.165) is 28.8 Å². The number of nitrogens with one attached hydrogen (secondary N) is 1. The maximum Gasteiger partial charge on any atom is 0.311 e. The first kappa shape index (κ1) is 22.5. The molecule has 0 bridgehead atoms. The molecule has 0 unspecified atom stereocenters. The Morgan fingerprint density at radius 3 is 2.52 bits per heavy atom. The SMILES string of the molecule is CC[C@H](C)c1ccccc1N1C[C@H](C(=O)OCC(=O)Nc2cc(C)cc(C)c2)CC1=O. The lowest BCUT2D eigenvalue weighted by molar-refractivity contribution is -0.151. The van der Waals surface area contributed by atoms with Crippen molar-refractivity contribution in [3.05, 3.63) is 59.2 Å². The summed E-state index contributed by atoms with van der Waals surface area (Å²) in [5.74, 6) is -1.29. The number of nitrogens with zero attached hydrogens (tertiary/aromatic N) is 1. The number of para-hydroxylation sites is 1. The largest absolute Gasteiger partial charge is 0.455 e. The van der Waals surface area contributed by atoms with Crippen molar-refractivity contribution in [1.82, 2.24) is 0 Å². The predicted molar refractivity (Wildman–Crippen MR) is 121 cm³/mol. The summed E-state index contributed by atoms with van der Waals surface area (Å²) in [5.41, 5.74) is 4.69. The number of amides is 2. The van der Waals surface area contributed by atoms with Crippen molar-refractivity contribution in [3.63, 3.8) is 0 Å². The Morgan fingerprint density at radius 1 is 1.16 bits per heavy atom. The van der Waals surface area contributed by atoms with E-state index in [2.05, 4.69) is 19.2 Å². The van der Waals surface area contributed by atoms with Gasteiger partial charge in [0.25, 0.3) is 5.91 Å². The number of anilines is 2. The van der Waals surface area contributed by atoms with Gasteiger partial charge in [-0.2, -0.15) is 0 Å². The quantitative estimate of drug-likeness (QED) is 0.673. The Balaban J connectivity index is 1.59. The molecule has 0 spiro atoms. The Labute approximate surface area is 183 Å². The summed E-state index contributed by atoms with van der Waals surface area (Å²) in [4.78, 5) is 39.0. The Kier molecular flexibility index (Phi) is 7.10. The smallest absolute Gasteiger partial charge is 0.311 e. The van der Waals surface area contributed by atoms with Crippen LogP contribution in [-0.2, 0) is 19.1 Å². The normalized spacial score (nSPS) is 16.8. The monoisotopic (exact) mass is 422 g/mol. The highest BCUT2D eigenvalue weighted by atomic mass is 16.5. The molecule has 2 atom stereocenters. The van der Waals surface area contributed by atoms with E-state index in [1.807, 2.05) is 56.3 Å². The van der Waals surface area contributed by atoms with Crippen LogP contribution in [0.4, 0.5) is 11.4 Å². The van der Waals surface area contributed by atoms with Gasteiger partial charge in [0.05, 0.1) is 5.92 Å². The van der Waals surface area contributed by atoms with E-state index < -0.39 is 17.8 Å². The van der Waals surface area contributed by atoms with Crippen LogP contribution in [0.1, 0.15) is 49.3 Å². The number of ether oxygens (including phenoxy) is 1. The number of rotatable bonds is 7. The van der Waals surface area contributed by atoms with Gasteiger partial charge in [-0.15, -0.1) is 0 Å². The molecular weight excluding hydrogens is 392 g/mol. The minimum Gasteiger partial charge on any atom is -0.455 e. The van der Waals surface area contributed by atoms with Gasteiger partial charge in [0.1, 0.15) is 0 Å². The zero-order valence-corrected chi connectivity index (χ0v) is 18.6. The van der Waals surface area contributed by atoms with E-state index >= 15 is 0 Å². The van der Waals surface area contributed by atoms with Gasteiger partial charge in [0.15, 0.2) is 6.61 Å². The zero-order valence-electron chi connectivity index (χ0n) is 18.6. The minimum atomic E-state index is -0.577. The highest BCUT2D eigenvalue weighted by molar-refractivity contribution is 6.00. The van der Waals surface area contributed by atoms with Gasteiger partial charge in [-0.1, -0.05) is 38.1 Å². The van der Waals surface area contributed by atoms with Crippen molar-refractivity contribution in [2.75, 3.05) is 23.4 Å². The van der Waals surface area contributed by atoms with Gasteiger partial charge in [0, 0.05) is 24.3 Å². The fraction of sp³-hybridized carbons (Fsp3) is 0.400. The number of hydrogen-bond donors (Lipinski definition) is 1. The van der Waals surface area contributed by atoms with Crippen LogP contribution < -0.4 is 10.2 Å². The Morgan fingerprint density at radius 2 is 1.84 bits per heavy atom. The average Bonchev–Trinajstić information content (AvgIpc) is 3.12. The van der Waals surface area contributed by atoms with Crippen LogP contribution in [0.3, 0.4) is 0 Å². The second kappa shape index (κ2) is 9.77. The number of benzene rings is 2. The van der Waals surface area contributed by atoms with Crippen LogP contribution in [0, 0.1) is 19.8 Å². The molecule has 2 aromatic rings. The average molecular weight is 423 g/mol. The zero-order chi connectivity index (χ0) is 22.5. The molecule has 0 saturated carbocycles. The summed E-state index contributed by atoms with van der Waals surface area (Å²) in [6.07, 6.45) is 1.05. The molecule has 3 rings (SSSR count). The number of hydrogen-bond acceptors (Lipinski definition) is 4. The van der Waals surface area contributed by atoms with Crippen LogP contribution in [0.5, 0.6) is 0 Å². The van der Waals surface area contributed by atoms with E-state index in [1.165, 1.54) is 0 Å². The van der Waals surface area contributed by atoms with Crippen molar-refractivity contribution in [2.24, 2.45) is 5.92 Å². The molecule has 1 saturated heterocycles. The van der Waals surface area contributed by atoms with Crippen LogP contribution in [0.2, 0.25) is 0 Å². The van der Waals surface area contributed by atoms with Crippen LogP contribution in [-0.4, -0.2) is 30.9 Å². The first-order valence-corrected chi connectivity index (χ1v) is 10.7. The molecule has 2 aromatic carbocycles. The molecule has 1 fully saturated rings. The number of carbonyl (C=O) groups is 3. The summed E-state index contributed by atoms with van der Waals surface area (Å²) in [5, 5.41) is 2.75. The van der Waals surface area contributed by atoms with Gasteiger partial charge in [-0.25, -0.2) is 0 Å². The predicted octanol–water partition coefficient (Wildman–Crippen LogP) is 4.35. The lowest BCUT2D eigenvalue weighted by Gasteiger charge is -2.23. The molecule has 0 aromatic heterocycles. The molecule has 31 heavy (non-hydrogen) atoms. The van der Waals surface area contributed by atoms with Crippen molar-refractivity contribution in [1.29, 1.82) is 0 Å². The third kappa shape index (κ3) is 5.51. The number of carbonyl (C=O) groups excluding carboxylic acids is 3. The molecule has 164 valence electrons. The van der Waals surface area contributed by atoms with E-state index in [0.29, 0.717) is 11.6 Å². The fourth-order valence-electron chi connectivity index (χ4n) is 3.97. The molecule has 1 aliphatic heterocycles. The number of aryl methyl sites for hydroxylation is 2. The lowest BCUT2D eigenvalue weighted by atomic mass is 9.96. The van der Waals surface area contributed by atoms with E-state index in [9.17, 15) is 14.4 Å². The van der Waals surface area contributed by atoms with E-state index in [1.54, 1.807) is 4.90 Å². The second-order valence-electron chi connectivity index (χ2n) is 8.31. The van der Waals surface area contributed by atoms with E-state index in [-0.39, 0.29) is 25.5 Å². The molecule has 1 heterocycles. The highest BCUT2D eigenvalue weighted by Gasteiger charge is 2.37. The lowest BCUT2D eigenvalue weighted by Crippen LogP contribution is -2.29. The van der Waals surface area contributed by atoms with Gasteiger partial charge in [-0.05, 0) is 61.1 Å². The van der Waals surface area contributed by atoms with Gasteiger partial charge in [-0.3, -0.25) is 14.4 Å². The second-order valence-corrected chi connectivity index (χ2v) is 8.31. The maximum atomic E-state index is 12.6. The Bertz CT molecular complexity index is 965. The van der Waals surface area contributed by atoms with Crippen LogP contribution in [0.25, 0.3) is 0 Å². The molecule has 1 N–H and O–H groups in total. The standard InChI is InChI=1S/C25H30N2O4/c1-5-18(4)21-8-6-7-9-22(21)27-14-19(13-24(27)29)25(30)31-15-23(28)26-20-11-16(2)10-17(3)12-20/h6-12,18-19H,5,13-15H2,1-4H3,(H,26,28)/t18-,19+/m0/s1. The summed E-state index contributed by atoms with van der Waals surface area (Å²) >= 11 is 0. The summed E-state index contributed by atoms with van der Waals surface area (Å²) in [7, 11) is 0. The van der Waals surface area contributed by atoms with Crippen molar-refractivity contribution in [3.8, 4) is 0 Å². The maximum absolute atomic E-state index is 12.6.